The van der Waals surface area contributed by atoms with Gasteiger partial charge in [-0.15, -0.1) is 49.0 Å². The van der Waals surface area contributed by atoms with Crippen LogP contribution in [-0.2, 0) is 20.2 Å². The van der Waals surface area contributed by atoms with E-state index in [4.69, 9.17) is 11.8 Å². The summed E-state index contributed by atoms with van der Waals surface area (Å²) in [6.45, 7) is 19.1. The van der Waals surface area contributed by atoms with E-state index >= 15 is 0 Å². The van der Waals surface area contributed by atoms with Crippen molar-refractivity contribution in [2.45, 2.75) is 14.5 Å². The third kappa shape index (κ3) is 6.90. The van der Waals surface area contributed by atoms with Crippen LogP contribution in [0.25, 0.3) is 4.85 Å². The van der Waals surface area contributed by atoms with Crippen molar-refractivity contribution in [2.24, 2.45) is 0 Å². The highest BCUT2D eigenvalue weighted by molar-refractivity contribution is 8.04. The molecule has 4 rings (SSSR count). The molecule has 0 aromatic carbocycles. The van der Waals surface area contributed by atoms with Crippen molar-refractivity contribution in [3.8, 4) is 6.07 Å². The summed E-state index contributed by atoms with van der Waals surface area (Å²) in [4.78, 5) is 6.89. The lowest BCUT2D eigenvalue weighted by atomic mass is 10.4. The molecule has 4 heterocycles. The standard InChI is InChI=1S/C15H10N4O6S6.2C2H4/c1-17-11-3-9-15(28-11)29-12(18(9)6-30(20,21)22)4-13-19(7-31(23,24)25)14-10(27-13)2-8(5-16)26-14;2*1-2/h2-4,12H,6-7H2,(H,20,21,22)(H,23,24,25);2*1-2H2/p-2. The molecule has 1 atom stereocenters. The van der Waals surface area contributed by atoms with Gasteiger partial charge in [0.15, 0.2) is 0 Å². The third-order valence-electron chi connectivity index (χ3n) is 4.01. The van der Waals surface area contributed by atoms with Crippen LogP contribution in [0.15, 0.2) is 58.7 Å². The zero-order chi connectivity index (χ0) is 26.6. The van der Waals surface area contributed by atoms with E-state index in [9.17, 15) is 25.9 Å². The molecule has 16 heteroatoms. The molecule has 0 N–H and O–H groups in total. The molecule has 35 heavy (non-hydrogen) atoms. The van der Waals surface area contributed by atoms with Crippen LogP contribution in [0.5, 0.6) is 0 Å². The van der Waals surface area contributed by atoms with Crippen LogP contribution in [0.3, 0.4) is 0 Å². The molecule has 0 fully saturated rings. The van der Waals surface area contributed by atoms with E-state index < -0.39 is 37.4 Å². The largest absolute Gasteiger partial charge is 0.747 e. The van der Waals surface area contributed by atoms with E-state index in [-0.39, 0.29) is 0 Å². The summed E-state index contributed by atoms with van der Waals surface area (Å²) >= 11 is 4.57. The van der Waals surface area contributed by atoms with E-state index in [0.717, 1.165) is 34.4 Å². The average molecular weight is 589 g/mol. The summed E-state index contributed by atoms with van der Waals surface area (Å²) in [6, 6.07) is 5.06. The number of hydrogen-bond donors (Lipinski definition) is 0. The summed E-state index contributed by atoms with van der Waals surface area (Å²) in [7, 11) is -9.31. The predicted octanol–water partition coefficient (Wildman–Crippen LogP) is 4.53. The summed E-state index contributed by atoms with van der Waals surface area (Å²) in [5, 5.41) is 9.57. The van der Waals surface area contributed by atoms with Crippen molar-refractivity contribution in [1.82, 2.24) is 0 Å². The summed E-state index contributed by atoms with van der Waals surface area (Å²) in [5.41, 5.74) is 0.440. The van der Waals surface area contributed by atoms with E-state index in [0.29, 0.717) is 34.7 Å². The molecular formula is C19H16N4O6S6-2. The minimum Gasteiger partial charge on any atom is -0.747 e. The maximum Gasteiger partial charge on any atom is 0.244 e. The molecule has 0 saturated carbocycles. The van der Waals surface area contributed by atoms with Crippen molar-refractivity contribution in [2.75, 3.05) is 21.6 Å². The van der Waals surface area contributed by atoms with Crippen molar-refractivity contribution in [3.05, 3.63) is 65.8 Å². The minimum absolute atomic E-state index is 0.345. The van der Waals surface area contributed by atoms with Crippen LogP contribution in [0, 0.1) is 17.9 Å². The fourth-order valence-corrected chi connectivity index (χ4v) is 9.25. The lowest BCUT2D eigenvalue weighted by Gasteiger charge is -2.27. The lowest BCUT2D eigenvalue weighted by molar-refractivity contribution is 0.460. The van der Waals surface area contributed by atoms with E-state index in [1.807, 2.05) is 6.07 Å². The van der Waals surface area contributed by atoms with E-state index in [2.05, 4.69) is 31.2 Å². The predicted molar refractivity (Wildman–Crippen MR) is 140 cm³/mol. The second-order valence-corrected chi connectivity index (χ2v) is 13.4. The van der Waals surface area contributed by atoms with Crippen LogP contribution < -0.4 is 9.80 Å². The Morgan fingerprint density at radius 2 is 1.74 bits per heavy atom. The number of nitriles is 1. The molecule has 0 aliphatic carbocycles. The normalized spacial score (nSPS) is 17.4. The molecule has 1 unspecified atom stereocenters. The first-order chi connectivity index (χ1) is 16.5. The number of nitrogens with zero attached hydrogens (tertiary/aromatic N) is 4. The van der Waals surface area contributed by atoms with Gasteiger partial charge in [-0.2, -0.15) is 5.26 Å². The van der Waals surface area contributed by atoms with E-state index in [1.165, 1.54) is 27.6 Å². The number of thioether (sulfide) groups is 2. The molecule has 186 valence electrons. The zero-order valence-electron chi connectivity index (χ0n) is 17.7. The van der Waals surface area contributed by atoms with Gasteiger partial charge in [0, 0.05) is 0 Å². The molecular weight excluding hydrogens is 573 g/mol. The quantitative estimate of drug-likeness (QED) is 0.275. The highest BCUT2D eigenvalue weighted by Gasteiger charge is 2.36. The first kappa shape index (κ1) is 29.0. The molecule has 0 saturated heterocycles. The number of thiophene rings is 2. The molecule has 0 spiro atoms. The van der Waals surface area contributed by atoms with Crippen LogP contribution in [0.1, 0.15) is 4.88 Å². The topological polar surface area (TPSA) is 149 Å². The Labute approximate surface area is 220 Å². The van der Waals surface area contributed by atoms with Crippen LogP contribution in [0.4, 0.5) is 15.7 Å². The van der Waals surface area contributed by atoms with Gasteiger partial charge in [-0.05, 0) is 18.2 Å². The minimum atomic E-state index is -4.66. The molecule has 2 aliphatic heterocycles. The molecule has 0 bridgehead atoms. The second-order valence-electron chi connectivity index (χ2n) is 6.15. The average Bonchev–Trinajstić information content (AvgIpc) is 3.52. The summed E-state index contributed by atoms with van der Waals surface area (Å²) in [5.74, 6) is -1.69. The van der Waals surface area contributed by atoms with Gasteiger partial charge in [-0.25, -0.2) is 21.7 Å². The number of anilines is 2. The fourth-order valence-electron chi connectivity index (χ4n) is 2.92. The number of hydrogen-bond acceptors (Lipinski definition) is 13. The van der Waals surface area contributed by atoms with Crippen LogP contribution in [0.2, 0.25) is 0 Å². The van der Waals surface area contributed by atoms with Gasteiger partial charge in [0.2, 0.25) is 5.00 Å². The van der Waals surface area contributed by atoms with Gasteiger partial charge in [-0.1, -0.05) is 23.5 Å². The van der Waals surface area contributed by atoms with Crippen molar-refractivity contribution in [3.63, 3.8) is 0 Å². The fraction of sp³-hybridized carbons (Fsp3) is 0.158. The van der Waals surface area contributed by atoms with Gasteiger partial charge in [-0.3, -0.25) is 0 Å². The van der Waals surface area contributed by atoms with Crippen LogP contribution in [-0.4, -0.2) is 43.1 Å². The summed E-state index contributed by atoms with van der Waals surface area (Å²) < 4.78 is 69.4. The first-order valence-electron chi connectivity index (χ1n) is 9.00. The van der Waals surface area contributed by atoms with Crippen LogP contribution >= 0.6 is 46.2 Å². The Morgan fingerprint density at radius 3 is 2.29 bits per heavy atom. The Morgan fingerprint density at radius 1 is 1.11 bits per heavy atom. The second kappa shape index (κ2) is 11.6. The molecule has 10 nitrogen and oxygen atoms in total. The molecule has 0 radical (unpaired) electrons. The Balaban J connectivity index is 0.00000103. The smallest absolute Gasteiger partial charge is 0.244 e. The Hall–Kier alpha value is -2.28. The van der Waals surface area contributed by atoms with Gasteiger partial charge < -0.3 is 18.9 Å². The monoisotopic (exact) mass is 588 g/mol. The maximum absolute atomic E-state index is 11.5. The SMILES string of the molecule is C=C.C=C.[C-]#[N+]c1cc2c(s1)SC(C=C1Sc3cc(C#N)sc3N1CS(=O)(=O)[O-])N2CS(=O)(=O)[O-]. The van der Waals surface area contributed by atoms with Crippen molar-refractivity contribution in [1.29, 1.82) is 5.26 Å². The number of rotatable bonds is 5. The van der Waals surface area contributed by atoms with Gasteiger partial charge in [0.05, 0.1) is 26.4 Å². The first-order valence-corrected chi connectivity index (χ1v) is 15.5. The Kier molecular flexibility index (Phi) is 9.63. The zero-order valence-corrected chi connectivity index (χ0v) is 22.6. The maximum atomic E-state index is 11.5. The molecule has 2 aromatic rings. The lowest BCUT2D eigenvalue weighted by Crippen LogP contribution is -2.34. The van der Waals surface area contributed by atoms with Gasteiger partial charge in [0.1, 0.15) is 53.3 Å². The highest BCUT2D eigenvalue weighted by atomic mass is 32.2. The van der Waals surface area contributed by atoms with Crippen molar-refractivity contribution < 1.29 is 25.9 Å². The Bertz CT molecular complexity index is 1430. The highest BCUT2D eigenvalue weighted by Crippen LogP contribution is 2.55. The van der Waals surface area contributed by atoms with Crippen molar-refractivity contribution >= 4 is 82.1 Å². The number of fused-ring (bicyclic) bond motifs is 2. The molecule has 2 aliphatic rings. The third-order valence-corrected chi connectivity index (χ3v) is 9.87. The molecule has 2 aromatic heterocycles. The van der Waals surface area contributed by atoms with Gasteiger partial charge in [0.25, 0.3) is 0 Å². The van der Waals surface area contributed by atoms with E-state index in [1.54, 1.807) is 12.1 Å². The molecule has 0 amide bonds. The summed E-state index contributed by atoms with van der Waals surface area (Å²) in [6.07, 6.45) is 1.58. The van der Waals surface area contributed by atoms with Gasteiger partial charge >= 0.3 is 0 Å².